The first-order chi connectivity index (χ1) is 7.99. The second-order valence-corrected chi connectivity index (χ2v) is 4.97. The fraction of sp³-hybridized carbons (Fsp3) is 0.538. The molecule has 1 aliphatic rings. The Bertz CT molecular complexity index is 400. The summed E-state index contributed by atoms with van der Waals surface area (Å²) in [6.07, 6.45) is 0. The molecule has 1 saturated heterocycles. The zero-order chi connectivity index (χ0) is 12.6. The highest BCUT2D eigenvalue weighted by Gasteiger charge is 2.30. The van der Waals surface area contributed by atoms with Crippen LogP contribution in [0.25, 0.3) is 0 Å². The van der Waals surface area contributed by atoms with E-state index in [1.165, 1.54) is 6.07 Å². The smallest absolute Gasteiger partial charge is 0.126 e. The van der Waals surface area contributed by atoms with Crippen LogP contribution < -0.4 is 5.73 Å². The lowest BCUT2D eigenvalue weighted by molar-refractivity contribution is 0.248. The summed E-state index contributed by atoms with van der Waals surface area (Å²) in [5, 5.41) is 9.76. The van der Waals surface area contributed by atoms with Crippen molar-refractivity contribution in [3.05, 3.63) is 29.6 Å². The van der Waals surface area contributed by atoms with Gasteiger partial charge in [-0.1, -0.05) is 13.0 Å². The summed E-state index contributed by atoms with van der Waals surface area (Å²) < 4.78 is 12.9. The Labute approximate surface area is 101 Å². The third-order valence-corrected chi connectivity index (χ3v) is 3.69. The summed E-state index contributed by atoms with van der Waals surface area (Å²) in [6, 6.07) is 4.42. The zero-order valence-corrected chi connectivity index (χ0v) is 10.2. The van der Waals surface area contributed by atoms with Crippen LogP contribution in [0, 0.1) is 11.7 Å². The highest BCUT2D eigenvalue weighted by atomic mass is 19.1. The molecule has 0 aliphatic carbocycles. The number of hydrogen-bond acceptors (Lipinski definition) is 3. The number of aromatic hydroxyl groups is 1. The number of nitrogens with zero attached hydrogens (tertiary/aromatic N) is 1. The quantitative estimate of drug-likeness (QED) is 0.827. The molecule has 0 aromatic heterocycles. The van der Waals surface area contributed by atoms with Crippen molar-refractivity contribution in [1.29, 1.82) is 0 Å². The van der Waals surface area contributed by atoms with Gasteiger partial charge in [0.1, 0.15) is 11.6 Å². The molecule has 1 aromatic rings. The molecule has 2 rings (SSSR count). The Balaban J connectivity index is 2.17. The maximum atomic E-state index is 12.9. The van der Waals surface area contributed by atoms with Gasteiger partial charge in [-0.05, 0) is 18.9 Å². The number of nitrogens with two attached hydrogens (primary N) is 1. The second-order valence-electron chi connectivity index (χ2n) is 4.97. The van der Waals surface area contributed by atoms with Crippen LogP contribution in [0.1, 0.15) is 25.5 Å². The number of halogens is 1. The SMILES string of the molecule is CC1CN(C(C)c2ccc(F)cc2O)CC1N. The topological polar surface area (TPSA) is 49.5 Å². The van der Waals surface area contributed by atoms with E-state index in [4.69, 9.17) is 5.73 Å². The molecule has 0 spiro atoms. The van der Waals surface area contributed by atoms with Gasteiger partial charge in [-0.25, -0.2) is 4.39 Å². The molecule has 17 heavy (non-hydrogen) atoms. The summed E-state index contributed by atoms with van der Waals surface area (Å²) in [5.41, 5.74) is 6.74. The highest BCUT2D eigenvalue weighted by molar-refractivity contribution is 5.35. The Kier molecular flexibility index (Phi) is 3.35. The lowest BCUT2D eigenvalue weighted by Crippen LogP contribution is -2.29. The first kappa shape index (κ1) is 12.3. The van der Waals surface area contributed by atoms with E-state index in [9.17, 15) is 9.50 Å². The minimum atomic E-state index is -0.412. The molecule has 0 radical (unpaired) electrons. The largest absolute Gasteiger partial charge is 0.508 e. The van der Waals surface area contributed by atoms with Gasteiger partial charge in [-0.2, -0.15) is 0 Å². The lowest BCUT2D eigenvalue weighted by atomic mass is 10.1. The van der Waals surface area contributed by atoms with Crippen molar-refractivity contribution >= 4 is 0 Å². The van der Waals surface area contributed by atoms with Crippen LogP contribution in [0.3, 0.4) is 0 Å². The van der Waals surface area contributed by atoms with E-state index in [1.54, 1.807) is 6.07 Å². The monoisotopic (exact) mass is 238 g/mol. The van der Waals surface area contributed by atoms with Gasteiger partial charge in [0.25, 0.3) is 0 Å². The standard InChI is InChI=1S/C13H19FN2O/c1-8-6-16(7-12(8)15)9(2)11-4-3-10(14)5-13(11)17/h3-5,8-9,12,17H,6-7,15H2,1-2H3. The number of benzene rings is 1. The van der Waals surface area contributed by atoms with Crippen molar-refractivity contribution in [2.75, 3.05) is 13.1 Å². The summed E-state index contributed by atoms with van der Waals surface area (Å²) in [6.45, 7) is 5.87. The van der Waals surface area contributed by atoms with Gasteiger partial charge in [0.2, 0.25) is 0 Å². The maximum absolute atomic E-state index is 12.9. The van der Waals surface area contributed by atoms with Crippen LogP contribution in [0.2, 0.25) is 0 Å². The summed E-state index contributed by atoms with van der Waals surface area (Å²) in [7, 11) is 0. The molecule has 3 unspecified atom stereocenters. The molecule has 3 nitrogen and oxygen atoms in total. The maximum Gasteiger partial charge on any atom is 0.126 e. The van der Waals surface area contributed by atoms with Crippen molar-refractivity contribution in [2.45, 2.75) is 25.9 Å². The van der Waals surface area contributed by atoms with Crippen molar-refractivity contribution < 1.29 is 9.50 Å². The third kappa shape index (κ3) is 2.42. The van der Waals surface area contributed by atoms with Crippen molar-refractivity contribution in [2.24, 2.45) is 11.7 Å². The minimum absolute atomic E-state index is 0.0191. The normalized spacial score (nSPS) is 27.3. The predicted octanol–water partition coefficient (Wildman–Crippen LogP) is 1.87. The third-order valence-electron chi connectivity index (χ3n) is 3.69. The van der Waals surface area contributed by atoms with Gasteiger partial charge in [-0.3, -0.25) is 4.90 Å². The van der Waals surface area contributed by atoms with Crippen LogP contribution in [0.5, 0.6) is 5.75 Å². The Morgan fingerprint density at radius 1 is 1.47 bits per heavy atom. The Hall–Kier alpha value is -1.13. The number of rotatable bonds is 2. The summed E-state index contributed by atoms with van der Waals surface area (Å²) in [4.78, 5) is 2.22. The number of likely N-dealkylation sites (tertiary alicyclic amines) is 1. The minimum Gasteiger partial charge on any atom is -0.508 e. The molecule has 0 amide bonds. The van der Waals surface area contributed by atoms with Crippen LogP contribution in [0.15, 0.2) is 18.2 Å². The fourth-order valence-electron chi connectivity index (χ4n) is 2.41. The molecule has 4 heteroatoms. The average Bonchev–Trinajstić information content (AvgIpc) is 2.58. The number of phenolic OH excluding ortho intramolecular Hbond substituents is 1. The average molecular weight is 238 g/mol. The predicted molar refractivity (Wildman–Crippen MR) is 65.2 cm³/mol. The van der Waals surface area contributed by atoms with Crippen LogP contribution in [-0.2, 0) is 0 Å². The van der Waals surface area contributed by atoms with Gasteiger partial charge in [0.05, 0.1) is 0 Å². The van der Waals surface area contributed by atoms with Gasteiger partial charge in [0.15, 0.2) is 0 Å². The molecule has 3 N–H and O–H groups in total. The molecule has 0 bridgehead atoms. The molecular formula is C13H19FN2O. The summed E-state index contributed by atoms with van der Waals surface area (Å²) in [5.74, 6) is 0.0654. The van der Waals surface area contributed by atoms with Gasteiger partial charge >= 0.3 is 0 Å². The van der Waals surface area contributed by atoms with Crippen molar-refractivity contribution in [1.82, 2.24) is 4.90 Å². The van der Waals surface area contributed by atoms with Crippen LogP contribution in [0.4, 0.5) is 4.39 Å². The van der Waals surface area contributed by atoms with E-state index >= 15 is 0 Å². The molecule has 1 aromatic carbocycles. The van der Waals surface area contributed by atoms with Crippen LogP contribution in [-0.4, -0.2) is 29.1 Å². The van der Waals surface area contributed by atoms with Crippen LogP contribution >= 0.6 is 0 Å². The number of phenols is 1. The molecule has 1 heterocycles. The highest BCUT2D eigenvalue weighted by Crippen LogP contribution is 2.32. The first-order valence-electron chi connectivity index (χ1n) is 5.97. The summed E-state index contributed by atoms with van der Waals surface area (Å²) >= 11 is 0. The molecule has 3 atom stereocenters. The molecule has 0 saturated carbocycles. The fourth-order valence-corrected chi connectivity index (χ4v) is 2.41. The first-order valence-corrected chi connectivity index (χ1v) is 5.97. The van der Waals surface area contributed by atoms with E-state index < -0.39 is 5.82 Å². The van der Waals surface area contributed by atoms with E-state index in [2.05, 4.69) is 11.8 Å². The lowest BCUT2D eigenvalue weighted by Gasteiger charge is -2.25. The van der Waals surface area contributed by atoms with Gasteiger partial charge in [-0.15, -0.1) is 0 Å². The van der Waals surface area contributed by atoms with Gasteiger partial charge in [0, 0.05) is 36.8 Å². The Morgan fingerprint density at radius 2 is 2.18 bits per heavy atom. The molecule has 1 aliphatic heterocycles. The molecule has 1 fully saturated rings. The van der Waals surface area contributed by atoms with E-state index in [1.807, 2.05) is 6.92 Å². The molecule has 94 valence electrons. The zero-order valence-electron chi connectivity index (χ0n) is 10.2. The number of hydrogen-bond donors (Lipinski definition) is 2. The molecular weight excluding hydrogens is 219 g/mol. The van der Waals surface area contributed by atoms with Crippen molar-refractivity contribution in [3.63, 3.8) is 0 Å². The van der Waals surface area contributed by atoms with E-state index in [-0.39, 0.29) is 17.8 Å². The van der Waals surface area contributed by atoms with Gasteiger partial charge < -0.3 is 10.8 Å². The Morgan fingerprint density at radius 3 is 2.71 bits per heavy atom. The van der Waals surface area contributed by atoms with E-state index in [0.717, 1.165) is 24.7 Å². The van der Waals surface area contributed by atoms with Crippen molar-refractivity contribution in [3.8, 4) is 5.75 Å². The van der Waals surface area contributed by atoms with E-state index in [0.29, 0.717) is 5.92 Å². The second kappa shape index (κ2) is 4.63.